The third-order valence-electron chi connectivity index (χ3n) is 4.03. The summed E-state index contributed by atoms with van der Waals surface area (Å²) in [6, 6.07) is 16.2. The lowest BCUT2D eigenvalue weighted by molar-refractivity contribution is 0.676. The van der Waals surface area contributed by atoms with Crippen LogP contribution >= 0.6 is 0 Å². The van der Waals surface area contributed by atoms with Gasteiger partial charge in [0.15, 0.2) is 0 Å². The first-order valence-corrected chi connectivity index (χ1v) is 7.88. The lowest BCUT2D eigenvalue weighted by Crippen LogP contribution is -2.31. The second-order valence-electron chi connectivity index (χ2n) is 5.57. The van der Waals surface area contributed by atoms with Gasteiger partial charge in [-0.3, -0.25) is 0 Å². The van der Waals surface area contributed by atoms with Crippen molar-refractivity contribution >= 4 is 11.9 Å². The Kier molecular flexibility index (Phi) is 4.85. The molecule has 114 valence electrons. The zero-order chi connectivity index (χ0) is 15.9. The molecule has 0 atom stereocenters. The minimum absolute atomic E-state index is 0.656. The largest absolute Gasteiger partial charge is 0.355 e. The SMILES string of the molecule is N#Cc1cccnc1N1CCC(=CC=Cc2ccccc2)CC1. The number of nitriles is 1. The van der Waals surface area contributed by atoms with Gasteiger partial charge in [-0.15, -0.1) is 0 Å². The molecule has 0 spiro atoms. The van der Waals surface area contributed by atoms with Crippen molar-refractivity contribution in [3.05, 3.63) is 77.5 Å². The van der Waals surface area contributed by atoms with E-state index in [-0.39, 0.29) is 0 Å². The van der Waals surface area contributed by atoms with E-state index in [4.69, 9.17) is 0 Å². The van der Waals surface area contributed by atoms with Gasteiger partial charge in [-0.2, -0.15) is 5.26 Å². The maximum Gasteiger partial charge on any atom is 0.146 e. The Morgan fingerprint density at radius 3 is 2.57 bits per heavy atom. The highest BCUT2D eigenvalue weighted by Gasteiger charge is 2.17. The third-order valence-corrected chi connectivity index (χ3v) is 4.03. The number of aromatic nitrogens is 1. The monoisotopic (exact) mass is 301 g/mol. The van der Waals surface area contributed by atoms with E-state index in [1.807, 2.05) is 30.3 Å². The summed E-state index contributed by atoms with van der Waals surface area (Å²) in [7, 11) is 0. The highest BCUT2D eigenvalue weighted by atomic mass is 15.2. The average Bonchev–Trinajstić information content (AvgIpc) is 2.63. The van der Waals surface area contributed by atoms with E-state index < -0.39 is 0 Å². The first-order valence-electron chi connectivity index (χ1n) is 7.88. The molecule has 0 aliphatic carbocycles. The molecular weight excluding hydrogens is 282 g/mol. The predicted octanol–water partition coefficient (Wildman–Crippen LogP) is 4.19. The number of hydrogen-bond acceptors (Lipinski definition) is 3. The highest BCUT2D eigenvalue weighted by Crippen LogP contribution is 2.23. The topological polar surface area (TPSA) is 39.9 Å². The summed E-state index contributed by atoms with van der Waals surface area (Å²) in [5.41, 5.74) is 3.32. The molecular formula is C20H19N3. The van der Waals surface area contributed by atoms with Gasteiger partial charge in [-0.1, -0.05) is 54.1 Å². The summed E-state index contributed by atoms with van der Waals surface area (Å²) >= 11 is 0. The highest BCUT2D eigenvalue weighted by molar-refractivity contribution is 5.54. The first kappa shape index (κ1) is 15.1. The van der Waals surface area contributed by atoms with Gasteiger partial charge < -0.3 is 4.90 Å². The van der Waals surface area contributed by atoms with Crippen LogP contribution in [0.2, 0.25) is 0 Å². The van der Waals surface area contributed by atoms with Gasteiger partial charge in [-0.25, -0.2) is 4.98 Å². The van der Waals surface area contributed by atoms with E-state index in [0.29, 0.717) is 5.56 Å². The summed E-state index contributed by atoms with van der Waals surface area (Å²) in [4.78, 5) is 6.58. The fraction of sp³-hybridized carbons (Fsp3) is 0.200. The second-order valence-corrected chi connectivity index (χ2v) is 5.57. The fourth-order valence-electron chi connectivity index (χ4n) is 2.77. The maximum absolute atomic E-state index is 9.19. The van der Waals surface area contributed by atoms with Gasteiger partial charge in [0.25, 0.3) is 0 Å². The molecule has 1 aromatic heterocycles. The molecule has 0 saturated carbocycles. The van der Waals surface area contributed by atoms with Crippen LogP contribution in [0.3, 0.4) is 0 Å². The minimum atomic E-state index is 0.656. The molecule has 1 fully saturated rings. The van der Waals surface area contributed by atoms with Gasteiger partial charge in [0.2, 0.25) is 0 Å². The summed E-state index contributed by atoms with van der Waals surface area (Å²) in [5.74, 6) is 0.814. The average molecular weight is 301 g/mol. The predicted molar refractivity (Wildman–Crippen MR) is 94.0 cm³/mol. The number of anilines is 1. The van der Waals surface area contributed by atoms with Crippen LogP contribution < -0.4 is 4.90 Å². The Bertz CT molecular complexity index is 744. The Balaban J connectivity index is 1.61. The third kappa shape index (κ3) is 3.87. The molecule has 0 radical (unpaired) electrons. The van der Waals surface area contributed by atoms with E-state index in [0.717, 1.165) is 31.7 Å². The number of pyridine rings is 1. The van der Waals surface area contributed by atoms with Gasteiger partial charge in [0.1, 0.15) is 11.9 Å². The Morgan fingerprint density at radius 2 is 1.83 bits per heavy atom. The molecule has 1 saturated heterocycles. The molecule has 3 heteroatoms. The van der Waals surface area contributed by atoms with E-state index in [2.05, 4.69) is 46.3 Å². The van der Waals surface area contributed by atoms with E-state index in [1.54, 1.807) is 6.20 Å². The van der Waals surface area contributed by atoms with Crippen LogP contribution in [-0.2, 0) is 0 Å². The molecule has 1 aliphatic heterocycles. The van der Waals surface area contributed by atoms with Crippen molar-refractivity contribution in [1.29, 1.82) is 5.26 Å². The number of piperidine rings is 1. The minimum Gasteiger partial charge on any atom is -0.355 e. The summed E-state index contributed by atoms with van der Waals surface area (Å²) in [6.07, 6.45) is 10.3. The van der Waals surface area contributed by atoms with Crippen molar-refractivity contribution in [2.75, 3.05) is 18.0 Å². The Labute approximate surface area is 137 Å². The molecule has 0 unspecified atom stereocenters. The van der Waals surface area contributed by atoms with Gasteiger partial charge in [-0.05, 0) is 30.5 Å². The molecule has 2 heterocycles. The van der Waals surface area contributed by atoms with E-state index in [9.17, 15) is 5.26 Å². The van der Waals surface area contributed by atoms with Crippen LogP contribution in [0.4, 0.5) is 5.82 Å². The van der Waals surface area contributed by atoms with Crippen molar-refractivity contribution in [3.63, 3.8) is 0 Å². The number of benzene rings is 1. The number of rotatable bonds is 3. The van der Waals surface area contributed by atoms with Crippen molar-refractivity contribution in [1.82, 2.24) is 4.98 Å². The van der Waals surface area contributed by atoms with Crippen molar-refractivity contribution in [3.8, 4) is 6.07 Å². The molecule has 0 N–H and O–H groups in total. The molecule has 1 aliphatic rings. The zero-order valence-electron chi connectivity index (χ0n) is 13.0. The standard InChI is InChI=1S/C20H19N3/c21-16-19-10-5-13-22-20(19)23-14-11-18(12-15-23)9-4-8-17-6-2-1-3-7-17/h1-10,13H,11-12,14-15H2. The van der Waals surface area contributed by atoms with Crippen LogP contribution in [0.5, 0.6) is 0 Å². The molecule has 23 heavy (non-hydrogen) atoms. The summed E-state index contributed by atoms with van der Waals surface area (Å²) in [6.45, 7) is 1.83. The van der Waals surface area contributed by atoms with Crippen LogP contribution in [0.25, 0.3) is 6.08 Å². The summed E-state index contributed by atoms with van der Waals surface area (Å²) < 4.78 is 0. The molecule has 2 aromatic rings. The van der Waals surface area contributed by atoms with Crippen LogP contribution in [0.15, 0.2) is 66.4 Å². The van der Waals surface area contributed by atoms with E-state index >= 15 is 0 Å². The lowest BCUT2D eigenvalue weighted by atomic mass is 10.0. The van der Waals surface area contributed by atoms with Crippen molar-refractivity contribution in [2.24, 2.45) is 0 Å². The molecule has 0 bridgehead atoms. The maximum atomic E-state index is 9.19. The van der Waals surface area contributed by atoms with Crippen LogP contribution in [0.1, 0.15) is 24.0 Å². The molecule has 3 nitrogen and oxygen atoms in total. The van der Waals surface area contributed by atoms with Gasteiger partial charge in [0, 0.05) is 19.3 Å². The lowest BCUT2D eigenvalue weighted by Gasteiger charge is -2.29. The van der Waals surface area contributed by atoms with Crippen LogP contribution in [0, 0.1) is 11.3 Å². The molecule has 0 amide bonds. The smallest absolute Gasteiger partial charge is 0.146 e. The summed E-state index contributed by atoms with van der Waals surface area (Å²) in [5, 5.41) is 9.19. The van der Waals surface area contributed by atoms with Crippen molar-refractivity contribution in [2.45, 2.75) is 12.8 Å². The van der Waals surface area contributed by atoms with Gasteiger partial charge >= 0.3 is 0 Å². The van der Waals surface area contributed by atoms with E-state index in [1.165, 1.54) is 11.1 Å². The Hall–Kier alpha value is -2.86. The first-order chi connectivity index (χ1) is 11.4. The van der Waals surface area contributed by atoms with Crippen molar-refractivity contribution < 1.29 is 0 Å². The number of hydrogen-bond donors (Lipinski definition) is 0. The van der Waals surface area contributed by atoms with Crippen LogP contribution in [-0.4, -0.2) is 18.1 Å². The normalized spacial score (nSPS) is 14.7. The molecule has 1 aromatic carbocycles. The quantitative estimate of drug-likeness (QED) is 0.853. The second kappa shape index (κ2) is 7.42. The zero-order valence-corrected chi connectivity index (χ0v) is 13.0. The molecule has 3 rings (SSSR count). The van der Waals surface area contributed by atoms with Gasteiger partial charge in [0.05, 0.1) is 5.56 Å². The Morgan fingerprint density at radius 1 is 1.04 bits per heavy atom. The fourth-order valence-corrected chi connectivity index (χ4v) is 2.77. The number of nitrogens with zero attached hydrogens (tertiary/aromatic N) is 3. The number of allylic oxidation sites excluding steroid dienone is 2.